The lowest BCUT2D eigenvalue weighted by Crippen LogP contribution is -2.52. The molecule has 0 radical (unpaired) electrons. The summed E-state index contributed by atoms with van der Waals surface area (Å²) in [6.07, 6.45) is 1.36. The van der Waals surface area contributed by atoms with Gasteiger partial charge in [0, 0.05) is 56.6 Å². The molecular formula is C31H32FN5O5. The van der Waals surface area contributed by atoms with Gasteiger partial charge in [0.15, 0.2) is 0 Å². The second kappa shape index (κ2) is 11.0. The van der Waals surface area contributed by atoms with Crippen molar-refractivity contribution in [2.24, 2.45) is 0 Å². The molecule has 3 amide bonds. The molecule has 218 valence electrons. The van der Waals surface area contributed by atoms with Crippen LogP contribution in [0.25, 0.3) is 10.9 Å². The molecule has 0 saturated carbocycles. The molecule has 0 aliphatic carbocycles. The quantitative estimate of drug-likeness (QED) is 0.449. The van der Waals surface area contributed by atoms with Crippen LogP contribution in [0, 0.1) is 5.82 Å². The molecule has 3 aromatic rings. The highest BCUT2D eigenvalue weighted by molar-refractivity contribution is 6.05. The molecule has 4 aliphatic rings. The molecule has 1 aromatic heterocycles. The summed E-state index contributed by atoms with van der Waals surface area (Å²) in [5, 5.41) is 3.12. The number of aromatic nitrogens is 1. The molecule has 1 N–H and O–H groups in total. The van der Waals surface area contributed by atoms with Crippen molar-refractivity contribution in [2.75, 3.05) is 44.3 Å². The van der Waals surface area contributed by atoms with Crippen LogP contribution in [0.1, 0.15) is 40.7 Å². The van der Waals surface area contributed by atoms with Crippen molar-refractivity contribution >= 4 is 34.4 Å². The van der Waals surface area contributed by atoms with E-state index in [0.29, 0.717) is 56.1 Å². The summed E-state index contributed by atoms with van der Waals surface area (Å²) in [5.41, 5.74) is 2.65. The van der Waals surface area contributed by atoms with E-state index in [4.69, 9.17) is 9.47 Å². The summed E-state index contributed by atoms with van der Waals surface area (Å²) in [4.78, 5) is 47.3. The maximum atomic E-state index is 15.1. The number of ether oxygens (including phenoxy) is 2. The van der Waals surface area contributed by atoms with Gasteiger partial charge in [0.05, 0.1) is 13.2 Å². The molecule has 42 heavy (non-hydrogen) atoms. The number of halogens is 1. The first-order valence-corrected chi connectivity index (χ1v) is 14.5. The van der Waals surface area contributed by atoms with Gasteiger partial charge in [-0.15, -0.1) is 0 Å². The van der Waals surface area contributed by atoms with Gasteiger partial charge in [0.2, 0.25) is 11.8 Å². The number of pyridine rings is 1. The molecule has 5 heterocycles. The number of nitrogens with zero attached hydrogens (tertiary/aromatic N) is 4. The van der Waals surface area contributed by atoms with Gasteiger partial charge in [-0.05, 0) is 66.4 Å². The summed E-state index contributed by atoms with van der Waals surface area (Å²) in [6, 6.07) is 12.3. The molecule has 3 saturated heterocycles. The number of carbonyl (C=O) groups is 3. The number of hydrogen-bond donors (Lipinski definition) is 1. The first kappa shape index (κ1) is 26.8. The maximum absolute atomic E-state index is 15.1. The van der Waals surface area contributed by atoms with Crippen LogP contribution in [0.15, 0.2) is 42.5 Å². The lowest BCUT2D eigenvalue weighted by atomic mass is 10.0. The van der Waals surface area contributed by atoms with Crippen LogP contribution in [0.2, 0.25) is 0 Å². The second-order valence-electron chi connectivity index (χ2n) is 11.4. The van der Waals surface area contributed by atoms with Gasteiger partial charge in [-0.2, -0.15) is 0 Å². The van der Waals surface area contributed by atoms with Gasteiger partial charge in [-0.1, -0.05) is 0 Å². The van der Waals surface area contributed by atoms with Gasteiger partial charge < -0.3 is 19.3 Å². The molecule has 0 spiro atoms. The van der Waals surface area contributed by atoms with E-state index in [1.807, 2.05) is 24.3 Å². The smallest absolute Gasteiger partial charge is 0.255 e. The van der Waals surface area contributed by atoms with Crippen molar-refractivity contribution in [3.05, 3.63) is 65.0 Å². The van der Waals surface area contributed by atoms with Gasteiger partial charge in [-0.3, -0.25) is 24.6 Å². The first-order valence-electron chi connectivity index (χ1n) is 14.5. The maximum Gasteiger partial charge on any atom is 0.255 e. The van der Waals surface area contributed by atoms with E-state index in [0.717, 1.165) is 48.4 Å². The fraction of sp³-hybridized carbons (Fsp3) is 0.419. The Bertz CT molecular complexity index is 1570. The number of anilines is 1. The van der Waals surface area contributed by atoms with Gasteiger partial charge >= 0.3 is 0 Å². The number of rotatable bonds is 6. The average Bonchev–Trinajstić information content (AvgIpc) is 3.56. The Morgan fingerprint density at radius 1 is 1.02 bits per heavy atom. The number of hydrogen-bond acceptors (Lipinski definition) is 8. The van der Waals surface area contributed by atoms with Crippen LogP contribution in [0.3, 0.4) is 0 Å². The van der Waals surface area contributed by atoms with E-state index >= 15 is 4.39 Å². The SMILES string of the molecule is O=C1CCC(N2Cc3cc(OC4CCN(Cc5cc(F)c6nc(N7CCOCC7)ccc6c5)C4)ccc3C2=O)C(=O)N1. The van der Waals surface area contributed by atoms with Crippen LogP contribution in [0.4, 0.5) is 10.2 Å². The molecule has 10 nitrogen and oxygen atoms in total. The number of nitrogens with one attached hydrogen (secondary N) is 1. The third-order valence-corrected chi connectivity index (χ3v) is 8.56. The summed E-state index contributed by atoms with van der Waals surface area (Å²) in [5.74, 6) is 0.212. The Balaban J connectivity index is 0.977. The first-order chi connectivity index (χ1) is 20.4. The highest BCUT2D eigenvalue weighted by atomic mass is 19.1. The zero-order chi connectivity index (χ0) is 28.8. The predicted molar refractivity (Wildman–Crippen MR) is 152 cm³/mol. The molecule has 2 aromatic carbocycles. The average molecular weight is 574 g/mol. The normalized spacial score (nSPS) is 23.0. The van der Waals surface area contributed by atoms with E-state index in [1.54, 1.807) is 18.2 Å². The predicted octanol–water partition coefficient (Wildman–Crippen LogP) is 2.62. The van der Waals surface area contributed by atoms with Crippen molar-refractivity contribution in [2.45, 2.75) is 44.5 Å². The largest absolute Gasteiger partial charge is 0.489 e. The molecule has 0 bridgehead atoms. The summed E-state index contributed by atoms with van der Waals surface area (Å²) >= 11 is 0. The molecule has 7 rings (SSSR count). The summed E-state index contributed by atoms with van der Waals surface area (Å²) < 4.78 is 26.8. The van der Waals surface area contributed by atoms with Crippen molar-refractivity contribution in [1.82, 2.24) is 20.1 Å². The molecular weight excluding hydrogens is 541 g/mol. The Morgan fingerprint density at radius 2 is 1.88 bits per heavy atom. The Labute approximate surface area is 242 Å². The number of imide groups is 1. The number of piperidine rings is 1. The number of benzene rings is 2. The number of likely N-dealkylation sites (tertiary alicyclic amines) is 1. The highest BCUT2D eigenvalue weighted by Gasteiger charge is 2.39. The van der Waals surface area contributed by atoms with E-state index in [9.17, 15) is 14.4 Å². The van der Waals surface area contributed by atoms with Crippen LogP contribution in [0.5, 0.6) is 5.75 Å². The number of morpholine rings is 1. The Hall–Kier alpha value is -4.09. The van der Waals surface area contributed by atoms with Gasteiger partial charge in [-0.25, -0.2) is 9.37 Å². The number of fused-ring (bicyclic) bond motifs is 2. The Kier molecular flexibility index (Phi) is 6.99. The third kappa shape index (κ3) is 5.18. The van der Waals surface area contributed by atoms with E-state index in [-0.39, 0.29) is 30.2 Å². The van der Waals surface area contributed by atoms with Gasteiger partial charge in [0.25, 0.3) is 5.91 Å². The fourth-order valence-electron chi connectivity index (χ4n) is 6.41. The van der Waals surface area contributed by atoms with E-state index < -0.39 is 11.9 Å². The molecule has 4 aliphatic heterocycles. The molecule has 3 fully saturated rings. The standard InChI is InChI=1S/C31H32FN5O5/c32-25-14-19(13-20-1-5-27(33-29(20)25)36-9-11-41-12-10-36)16-35-8-7-23(18-35)42-22-2-3-24-21(15-22)17-37(31(24)40)26-4-6-28(38)34-30(26)39/h1-3,5,13-15,23,26H,4,6-12,16-18H2,(H,34,38,39). The topological polar surface area (TPSA) is 104 Å². The fourth-order valence-corrected chi connectivity index (χ4v) is 6.41. The summed E-state index contributed by atoms with van der Waals surface area (Å²) in [7, 11) is 0. The molecule has 2 unspecified atom stereocenters. The lowest BCUT2D eigenvalue weighted by Gasteiger charge is -2.29. The van der Waals surface area contributed by atoms with Crippen LogP contribution >= 0.6 is 0 Å². The highest BCUT2D eigenvalue weighted by Crippen LogP contribution is 2.31. The van der Waals surface area contributed by atoms with Crippen molar-refractivity contribution in [1.29, 1.82) is 0 Å². The van der Waals surface area contributed by atoms with E-state index in [2.05, 4.69) is 20.1 Å². The second-order valence-corrected chi connectivity index (χ2v) is 11.4. The molecule has 2 atom stereocenters. The van der Waals surface area contributed by atoms with Crippen LogP contribution in [-0.4, -0.2) is 84.0 Å². The zero-order valence-corrected chi connectivity index (χ0v) is 23.2. The minimum atomic E-state index is -0.641. The Morgan fingerprint density at radius 3 is 2.71 bits per heavy atom. The van der Waals surface area contributed by atoms with Gasteiger partial charge in [0.1, 0.15) is 35.0 Å². The third-order valence-electron chi connectivity index (χ3n) is 8.56. The molecule has 11 heteroatoms. The lowest BCUT2D eigenvalue weighted by molar-refractivity contribution is -0.136. The monoisotopic (exact) mass is 573 g/mol. The zero-order valence-electron chi connectivity index (χ0n) is 23.2. The number of carbonyl (C=O) groups excluding carboxylic acids is 3. The summed E-state index contributed by atoms with van der Waals surface area (Å²) in [6.45, 7) is 5.25. The van der Waals surface area contributed by atoms with Crippen molar-refractivity contribution < 1.29 is 28.2 Å². The number of amides is 3. The van der Waals surface area contributed by atoms with E-state index in [1.165, 1.54) is 4.90 Å². The minimum Gasteiger partial charge on any atom is -0.489 e. The van der Waals surface area contributed by atoms with Crippen LogP contribution < -0.4 is 15.0 Å². The van der Waals surface area contributed by atoms with Crippen LogP contribution in [-0.2, 0) is 27.4 Å². The minimum absolute atomic E-state index is 0.0329. The van der Waals surface area contributed by atoms with Crippen molar-refractivity contribution in [3.63, 3.8) is 0 Å². The van der Waals surface area contributed by atoms with Crippen molar-refractivity contribution in [3.8, 4) is 5.75 Å².